The summed E-state index contributed by atoms with van der Waals surface area (Å²) in [7, 11) is 0. The standard InChI is InChI=1S/C18H19N3OS3/c22-18(11-14-3-1-9-23-14)21-7-5-20(6-8-21)12-17-19-15(13-25-17)16-4-2-10-24-16/h1-4,9-10,13H,5-8,11-12H2. The smallest absolute Gasteiger partial charge is 0.227 e. The van der Waals surface area contributed by atoms with Crippen LogP contribution in [0.15, 0.2) is 40.4 Å². The van der Waals surface area contributed by atoms with Crippen LogP contribution in [0.1, 0.15) is 9.88 Å². The fourth-order valence-electron chi connectivity index (χ4n) is 2.94. The van der Waals surface area contributed by atoms with Crippen molar-refractivity contribution in [1.82, 2.24) is 14.8 Å². The minimum Gasteiger partial charge on any atom is -0.340 e. The van der Waals surface area contributed by atoms with E-state index in [4.69, 9.17) is 4.98 Å². The molecule has 0 aromatic carbocycles. The highest BCUT2D eigenvalue weighted by molar-refractivity contribution is 7.14. The molecule has 0 spiro atoms. The molecule has 3 aromatic rings. The van der Waals surface area contributed by atoms with E-state index in [2.05, 4.69) is 27.8 Å². The maximum atomic E-state index is 12.4. The highest BCUT2D eigenvalue weighted by Gasteiger charge is 2.22. The Balaban J connectivity index is 1.28. The van der Waals surface area contributed by atoms with Crippen molar-refractivity contribution in [3.8, 4) is 10.6 Å². The van der Waals surface area contributed by atoms with Crippen molar-refractivity contribution in [2.24, 2.45) is 0 Å². The lowest BCUT2D eigenvalue weighted by Gasteiger charge is -2.34. The van der Waals surface area contributed by atoms with Crippen LogP contribution in [0.4, 0.5) is 0 Å². The van der Waals surface area contributed by atoms with E-state index in [0.29, 0.717) is 6.42 Å². The quantitative estimate of drug-likeness (QED) is 0.666. The average Bonchev–Trinajstić information content (AvgIpc) is 3.38. The van der Waals surface area contributed by atoms with Crippen LogP contribution in [0, 0.1) is 0 Å². The molecule has 1 fully saturated rings. The van der Waals surface area contributed by atoms with Gasteiger partial charge in [0.2, 0.25) is 5.91 Å². The number of thiazole rings is 1. The van der Waals surface area contributed by atoms with E-state index in [1.807, 2.05) is 22.4 Å². The molecular formula is C18H19N3OS3. The molecule has 7 heteroatoms. The van der Waals surface area contributed by atoms with Crippen molar-refractivity contribution in [2.75, 3.05) is 26.2 Å². The summed E-state index contributed by atoms with van der Waals surface area (Å²) >= 11 is 5.11. The van der Waals surface area contributed by atoms with Gasteiger partial charge in [-0.1, -0.05) is 12.1 Å². The van der Waals surface area contributed by atoms with Crippen molar-refractivity contribution in [3.05, 3.63) is 50.3 Å². The monoisotopic (exact) mass is 389 g/mol. The molecule has 1 amide bonds. The highest BCUT2D eigenvalue weighted by atomic mass is 32.1. The maximum Gasteiger partial charge on any atom is 0.227 e. The van der Waals surface area contributed by atoms with Gasteiger partial charge in [-0.25, -0.2) is 4.98 Å². The molecule has 1 aliphatic rings. The molecular weight excluding hydrogens is 370 g/mol. The van der Waals surface area contributed by atoms with Crippen LogP contribution in [0.3, 0.4) is 0 Å². The zero-order chi connectivity index (χ0) is 17.1. The van der Waals surface area contributed by atoms with E-state index < -0.39 is 0 Å². The fraction of sp³-hybridized carbons (Fsp3) is 0.333. The fourth-order valence-corrected chi connectivity index (χ4v) is 5.23. The number of carbonyl (C=O) groups excluding carboxylic acids is 1. The first-order chi connectivity index (χ1) is 12.3. The molecule has 1 aliphatic heterocycles. The topological polar surface area (TPSA) is 36.4 Å². The van der Waals surface area contributed by atoms with E-state index in [1.54, 1.807) is 34.0 Å². The average molecular weight is 390 g/mol. The predicted molar refractivity (Wildman–Crippen MR) is 105 cm³/mol. The molecule has 4 rings (SSSR count). The molecule has 130 valence electrons. The Morgan fingerprint density at radius 2 is 1.84 bits per heavy atom. The molecule has 25 heavy (non-hydrogen) atoms. The summed E-state index contributed by atoms with van der Waals surface area (Å²) in [4.78, 5) is 23.9. The Morgan fingerprint density at radius 1 is 1.04 bits per heavy atom. The second kappa shape index (κ2) is 7.78. The normalized spacial score (nSPS) is 15.6. The van der Waals surface area contributed by atoms with Crippen molar-refractivity contribution in [3.63, 3.8) is 0 Å². The first-order valence-corrected chi connectivity index (χ1v) is 10.9. The minimum atomic E-state index is 0.247. The number of rotatable bonds is 5. The van der Waals surface area contributed by atoms with E-state index in [-0.39, 0.29) is 5.91 Å². The molecule has 0 bridgehead atoms. The zero-order valence-corrected chi connectivity index (χ0v) is 16.2. The molecule has 0 unspecified atom stereocenters. The Morgan fingerprint density at radius 3 is 2.56 bits per heavy atom. The van der Waals surface area contributed by atoms with Gasteiger partial charge in [0.25, 0.3) is 0 Å². The lowest BCUT2D eigenvalue weighted by molar-refractivity contribution is -0.132. The van der Waals surface area contributed by atoms with E-state index in [1.165, 1.54) is 4.88 Å². The number of thiophene rings is 2. The second-order valence-electron chi connectivity index (χ2n) is 6.02. The maximum absolute atomic E-state index is 12.4. The summed E-state index contributed by atoms with van der Waals surface area (Å²) in [6.45, 7) is 4.35. The van der Waals surface area contributed by atoms with Crippen LogP contribution in [0.5, 0.6) is 0 Å². The summed E-state index contributed by atoms with van der Waals surface area (Å²) in [5.74, 6) is 0.247. The number of amides is 1. The van der Waals surface area contributed by atoms with Crippen molar-refractivity contribution >= 4 is 39.9 Å². The highest BCUT2D eigenvalue weighted by Crippen LogP contribution is 2.26. The molecule has 0 aliphatic carbocycles. The molecule has 4 nitrogen and oxygen atoms in total. The van der Waals surface area contributed by atoms with Gasteiger partial charge in [-0.2, -0.15) is 0 Å². The van der Waals surface area contributed by atoms with Crippen LogP contribution in [-0.4, -0.2) is 46.9 Å². The van der Waals surface area contributed by atoms with Crippen LogP contribution in [0.2, 0.25) is 0 Å². The number of carbonyl (C=O) groups is 1. The van der Waals surface area contributed by atoms with Gasteiger partial charge >= 0.3 is 0 Å². The largest absolute Gasteiger partial charge is 0.340 e. The number of hydrogen-bond acceptors (Lipinski definition) is 6. The van der Waals surface area contributed by atoms with Gasteiger partial charge in [0.05, 0.1) is 23.5 Å². The van der Waals surface area contributed by atoms with Gasteiger partial charge in [-0.3, -0.25) is 9.69 Å². The van der Waals surface area contributed by atoms with Gasteiger partial charge in [-0.15, -0.1) is 34.0 Å². The summed E-state index contributed by atoms with van der Waals surface area (Å²) in [5, 5.41) is 7.41. The molecule has 4 heterocycles. The number of hydrogen-bond donors (Lipinski definition) is 0. The lowest BCUT2D eigenvalue weighted by atomic mass is 10.2. The third-order valence-electron chi connectivity index (χ3n) is 4.31. The predicted octanol–water partition coefficient (Wildman–Crippen LogP) is 3.82. The van der Waals surface area contributed by atoms with Crippen molar-refractivity contribution in [1.29, 1.82) is 0 Å². The van der Waals surface area contributed by atoms with Gasteiger partial charge in [0.1, 0.15) is 5.01 Å². The number of piperazine rings is 1. The third-order valence-corrected chi connectivity index (χ3v) is 6.92. The zero-order valence-electron chi connectivity index (χ0n) is 13.8. The second-order valence-corrected chi connectivity index (χ2v) is 8.94. The van der Waals surface area contributed by atoms with E-state index in [9.17, 15) is 4.79 Å². The SMILES string of the molecule is O=C(Cc1cccs1)N1CCN(Cc2nc(-c3cccs3)cs2)CC1. The Kier molecular flexibility index (Phi) is 5.26. The number of aromatic nitrogens is 1. The molecule has 0 atom stereocenters. The molecule has 0 radical (unpaired) electrons. The summed E-state index contributed by atoms with van der Waals surface area (Å²) in [5.41, 5.74) is 1.08. The van der Waals surface area contributed by atoms with E-state index in [0.717, 1.165) is 48.3 Å². The van der Waals surface area contributed by atoms with E-state index >= 15 is 0 Å². The summed E-state index contributed by atoms with van der Waals surface area (Å²) in [6.07, 6.45) is 0.536. The van der Waals surface area contributed by atoms with Crippen molar-refractivity contribution < 1.29 is 4.79 Å². The summed E-state index contributed by atoms with van der Waals surface area (Å²) < 4.78 is 0. The Hall–Kier alpha value is -1.54. The van der Waals surface area contributed by atoms with Gasteiger partial charge in [0, 0.05) is 36.4 Å². The van der Waals surface area contributed by atoms with Crippen molar-refractivity contribution in [2.45, 2.75) is 13.0 Å². The molecule has 3 aromatic heterocycles. The molecule has 0 saturated carbocycles. The van der Waals surface area contributed by atoms with Gasteiger partial charge < -0.3 is 4.90 Å². The van der Waals surface area contributed by atoms with Gasteiger partial charge in [0.15, 0.2) is 0 Å². The van der Waals surface area contributed by atoms with Crippen LogP contribution >= 0.6 is 34.0 Å². The van der Waals surface area contributed by atoms with Crippen LogP contribution in [-0.2, 0) is 17.8 Å². The molecule has 1 saturated heterocycles. The first-order valence-electron chi connectivity index (χ1n) is 8.29. The van der Waals surface area contributed by atoms with Crippen LogP contribution < -0.4 is 0 Å². The first kappa shape index (κ1) is 16.9. The Bertz CT molecular complexity index is 803. The Labute approximate surface area is 159 Å². The third kappa shape index (κ3) is 4.17. The number of nitrogens with zero attached hydrogens (tertiary/aromatic N) is 3. The lowest BCUT2D eigenvalue weighted by Crippen LogP contribution is -2.48. The van der Waals surface area contributed by atoms with Gasteiger partial charge in [-0.05, 0) is 22.9 Å². The van der Waals surface area contributed by atoms with Crippen LogP contribution in [0.25, 0.3) is 10.6 Å². The molecule has 0 N–H and O–H groups in total. The minimum absolute atomic E-state index is 0.247. The summed E-state index contributed by atoms with van der Waals surface area (Å²) in [6, 6.07) is 8.21.